The van der Waals surface area contributed by atoms with Gasteiger partial charge in [-0.2, -0.15) is 0 Å². The summed E-state index contributed by atoms with van der Waals surface area (Å²) in [4.78, 5) is 8.41. The molecule has 1 aromatic carbocycles. The molecule has 0 atom stereocenters. The van der Waals surface area contributed by atoms with Gasteiger partial charge in [0.2, 0.25) is 5.88 Å². The van der Waals surface area contributed by atoms with Crippen molar-refractivity contribution in [3.8, 4) is 5.88 Å². The molecule has 0 saturated carbocycles. The number of hydrogen-bond donors (Lipinski definition) is 0. The minimum Gasteiger partial charge on any atom is -0.480 e. The molecule has 0 fully saturated rings. The second-order valence-electron chi connectivity index (χ2n) is 3.45. The highest BCUT2D eigenvalue weighted by Crippen LogP contribution is 2.24. The normalized spacial score (nSPS) is 10.5. The Morgan fingerprint density at radius 3 is 2.87 bits per heavy atom. The van der Waals surface area contributed by atoms with Crippen LogP contribution < -0.4 is 4.74 Å². The Morgan fingerprint density at radius 1 is 1.27 bits per heavy atom. The van der Waals surface area contributed by atoms with E-state index < -0.39 is 0 Å². The van der Waals surface area contributed by atoms with Crippen molar-refractivity contribution in [2.24, 2.45) is 0 Å². The molecule has 1 heterocycles. The predicted octanol–water partition coefficient (Wildman–Crippen LogP) is 2.59. The van der Waals surface area contributed by atoms with E-state index in [0.29, 0.717) is 5.88 Å². The molecule has 3 nitrogen and oxygen atoms in total. The Bertz CT molecular complexity index is 468. The molecule has 78 valence electrons. The van der Waals surface area contributed by atoms with Gasteiger partial charge in [0.1, 0.15) is 6.33 Å². The summed E-state index contributed by atoms with van der Waals surface area (Å²) in [6.07, 6.45) is 3.71. The van der Waals surface area contributed by atoms with Crippen molar-refractivity contribution >= 4 is 10.9 Å². The van der Waals surface area contributed by atoms with Gasteiger partial charge in [-0.1, -0.05) is 25.5 Å². The van der Waals surface area contributed by atoms with E-state index in [4.69, 9.17) is 4.74 Å². The SMILES string of the molecule is CCCc1cccc2c(OC)ncnc12. The van der Waals surface area contributed by atoms with Gasteiger partial charge in [0.25, 0.3) is 0 Å². The first-order chi connectivity index (χ1) is 7.36. The first kappa shape index (κ1) is 9.90. The lowest BCUT2D eigenvalue weighted by molar-refractivity contribution is 0.402. The maximum atomic E-state index is 5.21. The van der Waals surface area contributed by atoms with Crippen molar-refractivity contribution in [2.75, 3.05) is 7.11 Å². The van der Waals surface area contributed by atoms with Crippen LogP contribution in [0.15, 0.2) is 24.5 Å². The molecule has 3 heteroatoms. The molecule has 0 aliphatic rings. The van der Waals surface area contributed by atoms with E-state index >= 15 is 0 Å². The lowest BCUT2D eigenvalue weighted by Crippen LogP contribution is -1.94. The number of methoxy groups -OCH3 is 1. The van der Waals surface area contributed by atoms with Gasteiger partial charge in [0.05, 0.1) is 18.0 Å². The molecular weight excluding hydrogens is 188 g/mol. The van der Waals surface area contributed by atoms with Crippen molar-refractivity contribution in [2.45, 2.75) is 19.8 Å². The molecule has 0 amide bonds. The van der Waals surface area contributed by atoms with E-state index in [9.17, 15) is 0 Å². The van der Waals surface area contributed by atoms with E-state index in [1.54, 1.807) is 13.4 Å². The van der Waals surface area contributed by atoms with Crippen LogP contribution in [0.4, 0.5) is 0 Å². The van der Waals surface area contributed by atoms with Crippen LogP contribution in [0.2, 0.25) is 0 Å². The van der Waals surface area contributed by atoms with Crippen LogP contribution >= 0.6 is 0 Å². The number of aromatic nitrogens is 2. The number of hydrogen-bond acceptors (Lipinski definition) is 3. The van der Waals surface area contributed by atoms with Gasteiger partial charge in [0.15, 0.2) is 0 Å². The molecule has 0 N–H and O–H groups in total. The van der Waals surface area contributed by atoms with Gasteiger partial charge in [-0.25, -0.2) is 9.97 Å². The van der Waals surface area contributed by atoms with Crippen molar-refractivity contribution < 1.29 is 4.74 Å². The van der Waals surface area contributed by atoms with Crippen molar-refractivity contribution in [1.82, 2.24) is 9.97 Å². The summed E-state index contributed by atoms with van der Waals surface area (Å²) in [7, 11) is 1.63. The second kappa shape index (κ2) is 4.26. The van der Waals surface area contributed by atoms with Crippen LogP contribution in [0, 0.1) is 0 Å². The molecule has 0 radical (unpaired) electrons. The topological polar surface area (TPSA) is 35.0 Å². The zero-order valence-electron chi connectivity index (χ0n) is 9.03. The summed E-state index contributed by atoms with van der Waals surface area (Å²) in [6, 6.07) is 6.13. The third-order valence-corrected chi connectivity index (χ3v) is 2.42. The van der Waals surface area contributed by atoms with Crippen LogP contribution in [0.5, 0.6) is 5.88 Å². The van der Waals surface area contributed by atoms with Gasteiger partial charge < -0.3 is 4.74 Å². The van der Waals surface area contributed by atoms with Crippen LogP contribution in [0.3, 0.4) is 0 Å². The number of fused-ring (bicyclic) bond motifs is 1. The minimum absolute atomic E-state index is 0.651. The molecule has 0 aliphatic carbocycles. The monoisotopic (exact) mass is 202 g/mol. The lowest BCUT2D eigenvalue weighted by atomic mass is 10.1. The molecule has 0 saturated heterocycles. The highest BCUT2D eigenvalue weighted by Gasteiger charge is 2.06. The number of para-hydroxylation sites is 1. The molecule has 0 spiro atoms. The Hall–Kier alpha value is -1.64. The molecular formula is C12H14N2O. The summed E-state index contributed by atoms with van der Waals surface area (Å²) in [5.74, 6) is 0.651. The van der Waals surface area contributed by atoms with Crippen molar-refractivity contribution in [3.05, 3.63) is 30.1 Å². The van der Waals surface area contributed by atoms with Crippen LogP contribution in [-0.4, -0.2) is 17.1 Å². The Labute approximate surface area is 89.1 Å². The van der Waals surface area contributed by atoms with Crippen LogP contribution in [0.25, 0.3) is 10.9 Å². The van der Waals surface area contributed by atoms with E-state index in [0.717, 1.165) is 23.7 Å². The van der Waals surface area contributed by atoms with Gasteiger partial charge in [-0.05, 0) is 18.1 Å². The first-order valence-corrected chi connectivity index (χ1v) is 5.13. The predicted molar refractivity (Wildman–Crippen MR) is 60.1 cm³/mol. The maximum Gasteiger partial charge on any atom is 0.224 e. The molecule has 0 bridgehead atoms. The molecule has 2 rings (SSSR count). The number of aryl methyl sites for hydroxylation is 1. The van der Waals surface area contributed by atoms with Crippen molar-refractivity contribution in [3.63, 3.8) is 0 Å². The molecule has 0 aliphatic heterocycles. The van der Waals surface area contributed by atoms with Crippen molar-refractivity contribution in [1.29, 1.82) is 0 Å². The third kappa shape index (κ3) is 1.77. The smallest absolute Gasteiger partial charge is 0.224 e. The quantitative estimate of drug-likeness (QED) is 0.767. The summed E-state index contributed by atoms with van der Waals surface area (Å²) in [6.45, 7) is 2.16. The standard InChI is InChI=1S/C12H14N2O/c1-3-5-9-6-4-7-10-11(9)13-8-14-12(10)15-2/h4,6-8H,3,5H2,1-2H3. The average molecular weight is 202 g/mol. The third-order valence-electron chi connectivity index (χ3n) is 2.42. The fourth-order valence-electron chi connectivity index (χ4n) is 1.76. The summed E-state index contributed by atoms with van der Waals surface area (Å²) in [5, 5.41) is 0.992. The van der Waals surface area contributed by atoms with E-state index in [-0.39, 0.29) is 0 Å². The van der Waals surface area contributed by atoms with E-state index in [2.05, 4.69) is 23.0 Å². The Kier molecular flexibility index (Phi) is 2.81. The Morgan fingerprint density at radius 2 is 2.13 bits per heavy atom. The van der Waals surface area contributed by atoms with Crippen LogP contribution in [0.1, 0.15) is 18.9 Å². The second-order valence-corrected chi connectivity index (χ2v) is 3.45. The average Bonchev–Trinajstić information content (AvgIpc) is 2.29. The van der Waals surface area contributed by atoms with Gasteiger partial charge in [0, 0.05) is 0 Å². The van der Waals surface area contributed by atoms with E-state index in [1.165, 1.54) is 5.56 Å². The number of benzene rings is 1. The van der Waals surface area contributed by atoms with Gasteiger partial charge in [-0.3, -0.25) is 0 Å². The fourth-order valence-corrected chi connectivity index (χ4v) is 1.76. The highest BCUT2D eigenvalue weighted by molar-refractivity contribution is 5.85. The molecule has 2 aromatic rings. The zero-order chi connectivity index (χ0) is 10.7. The van der Waals surface area contributed by atoms with Gasteiger partial charge >= 0.3 is 0 Å². The first-order valence-electron chi connectivity index (χ1n) is 5.13. The number of nitrogens with zero attached hydrogens (tertiary/aromatic N) is 2. The zero-order valence-corrected chi connectivity index (χ0v) is 9.03. The largest absolute Gasteiger partial charge is 0.480 e. The maximum absolute atomic E-state index is 5.21. The fraction of sp³-hybridized carbons (Fsp3) is 0.333. The summed E-state index contributed by atoms with van der Waals surface area (Å²) in [5.41, 5.74) is 2.27. The van der Waals surface area contributed by atoms with E-state index in [1.807, 2.05) is 12.1 Å². The summed E-state index contributed by atoms with van der Waals surface area (Å²) >= 11 is 0. The molecule has 0 unspecified atom stereocenters. The summed E-state index contributed by atoms with van der Waals surface area (Å²) < 4.78 is 5.21. The van der Waals surface area contributed by atoms with Gasteiger partial charge in [-0.15, -0.1) is 0 Å². The van der Waals surface area contributed by atoms with Crippen LogP contribution in [-0.2, 0) is 6.42 Å². The number of ether oxygens (including phenoxy) is 1. The number of rotatable bonds is 3. The molecule has 1 aromatic heterocycles. The molecule has 15 heavy (non-hydrogen) atoms. The lowest BCUT2D eigenvalue weighted by Gasteiger charge is -2.06. The highest BCUT2D eigenvalue weighted by atomic mass is 16.5. The Balaban J connectivity index is 2.65. The minimum atomic E-state index is 0.651.